The van der Waals surface area contributed by atoms with Gasteiger partial charge in [-0.25, -0.2) is 8.42 Å². The molecule has 1 amide bonds. The maximum Gasteiger partial charge on any atom is 0.251 e. The number of nitrogens with one attached hydrogen (secondary N) is 1. The van der Waals surface area contributed by atoms with Gasteiger partial charge in [0.2, 0.25) is 10.0 Å². The number of piperazine rings is 1. The van der Waals surface area contributed by atoms with Gasteiger partial charge in [0.05, 0.1) is 10.9 Å². The van der Waals surface area contributed by atoms with E-state index in [0.29, 0.717) is 31.7 Å². The van der Waals surface area contributed by atoms with Crippen LogP contribution >= 0.6 is 0 Å². The zero-order valence-corrected chi connectivity index (χ0v) is 19.8. The average molecular weight is 464 g/mol. The summed E-state index contributed by atoms with van der Waals surface area (Å²) < 4.78 is 27.6. The van der Waals surface area contributed by atoms with Crippen molar-refractivity contribution in [3.63, 3.8) is 0 Å². The Morgan fingerprint density at radius 1 is 0.848 bits per heavy atom. The van der Waals surface area contributed by atoms with E-state index in [1.54, 1.807) is 18.2 Å². The molecule has 172 valence electrons. The van der Waals surface area contributed by atoms with Crippen molar-refractivity contribution in [2.45, 2.75) is 17.9 Å². The van der Waals surface area contributed by atoms with E-state index in [1.807, 2.05) is 56.4 Å². The Labute approximate surface area is 195 Å². The number of carbonyl (C=O) groups excluding carboxylic acids is 1. The molecule has 0 saturated carbocycles. The third-order valence-corrected chi connectivity index (χ3v) is 7.96. The fourth-order valence-corrected chi connectivity index (χ4v) is 5.40. The molecule has 1 fully saturated rings. The van der Waals surface area contributed by atoms with Crippen LogP contribution in [0.25, 0.3) is 11.1 Å². The van der Waals surface area contributed by atoms with Gasteiger partial charge in [0.1, 0.15) is 0 Å². The summed E-state index contributed by atoms with van der Waals surface area (Å²) in [6, 6.07) is 24.3. The molecule has 1 atom stereocenters. The number of carbonyl (C=O) groups is 1. The molecule has 0 aromatic heterocycles. The summed E-state index contributed by atoms with van der Waals surface area (Å²) in [6.45, 7) is 4.21. The highest BCUT2D eigenvalue weighted by Gasteiger charge is 2.28. The smallest absolute Gasteiger partial charge is 0.251 e. The Balaban J connectivity index is 1.45. The number of amides is 1. The number of likely N-dealkylation sites (N-methyl/N-ethyl adjacent to an activating group) is 1. The summed E-state index contributed by atoms with van der Waals surface area (Å²) in [5, 5.41) is 2.98. The zero-order valence-electron chi connectivity index (χ0n) is 18.9. The van der Waals surface area contributed by atoms with Gasteiger partial charge in [0, 0.05) is 31.7 Å². The van der Waals surface area contributed by atoms with E-state index >= 15 is 0 Å². The number of hydrogen-bond acceptors (Lipinski definition) is 4. The van der Waals surface area contributed by atoms with Crippen LogP contribution in [0.4, 0.5) is 0 Å². The molecule has 4 rings (SSSR count). The number of nitrogens with zero attached hydrogens (tertiary/aromatic N) is 2. The molecule has 1 heterocycles. The minimum absolute atomic E-state index is 0.152. The predicted molar refractivity (Wildman–Crippen MR) is 130 cm³/mol. The maximum atomic E-state index is 13.0. The summed E-state index contributed by atoms with van der Waals surface area (Å²) in [4.78, 5) is 15.1. The van der Waals surface area contributed by atoms with Gasteiger partial charge < -0.3 is 10.2 Å². The minimum Gasteiger partial charge on any atom is -0.346 e. The van der Waals surface area contributed by atoms with Gasteiger partial charge in [-0.3, -0.25) is 4.79 Å². The van der Waals surface area contributed by atoms with E-state index in [4.69, 9.17) is 0 Å². The van der Waals surface area contributed by atoms with Gasteiger partial charge in [0.25, 0.3) is 5.91 Å². The van der Waals surface area contributed by atoms with Crippen molar-refractivity contribution in [3.05, 3.63) is 90.0 Å². The second-order valence-electron chi connectivity index (χ2n) is 8.42. The highest BCUT2D eigenvalue weighted by atomic mass is 32.2. The molecule has 1 saturated heterocycles. The third kappa shape index (κ3) is 5.33. The van der Waals surface area contributed by atoms with E-state index < -0.39 is 10.0 Å². The topological polar surface area (TPSA) is 69.7 Å². The van der Waals surface area contributed by atoms with E-state index in [1.165, 1.54) is 10.4 Å². The molecular weight excluding hydrogens is 434 g/mol. The highest BCUT2D eigenvalue weighted by molar-refractivity contribution is 7.89. The van der Waals surface area contributed by atoms with Crippen LogP contribution in [0.1, 0.15) is 28.9 Å². The number of rotatable bonds is 6. The van der Waals surface area contributed by atoms with Crippen LogP contribution in [0.15, 0.2) is 83.8 Å². The summed E-state index contributed by atoms with van der Waals surface area (Å²) in [6.07, 6.45) is 0. The summed E-state index contributed by atoms with van der Waals surface area (Å²) in [7, 11) is -1.65. The van der Waals surface area contributed by atoms with Crippen LogP contribution in [-0.2, 0) is 10.0 Å². The monoisotopic (exact) mass is 463 g/mol. The number of benzene rings is 3. The Hall–Kier alpha value is -3.00. The summed E-state index contributed by atoms with van der Waals surface area (Å²) >= 11 is 0. The summed E-state index contributed by atoms with van der Waals surface area (Å²) in [5.41, 5.74) is 3.56. The SMILES string of the molecule is C[C@H](NC(=O)c1cccc(S(=O)(=O)N2CCN(C)CC2)c1)c1ccc(-c2ccccc2)cc1. The van der Waals surface area contributed by atoms with Gasteiger partial charge >= 0.3 is 0 Å². The highest BCUT2D eigenvalue weighted by Crippen LogP contribution is 2.23. The molecule has 1 aliphatic rings. The first kappa shape index (κ1) is 23.2. The molecule has 33 heavy (non-hydrogen) atoms. The van der Waals surface area contributed by atoms with Crippen molar-refractivity contribution in [1.29, 1.82) is 0 Å². The third-order valence-electron chi connectivity index (χ3n) is 6.06. The molecule has 0 spiro atoms. The van der Waals surface area contributed by atoms with Crippen molar-refractivity contribution in [2.75, 3.05) is 33.2 Å². The molecule has 6 nitrogen and oxygen atoms in total. The molecule has 0 bridgehead atoms. The molecule has 3 aromatic rings. The lowest BCUT2D eigenvalue weighted by molar-refractivity contribution is 0.0939. The van der Waals surface area contributed by atoms with Crippen molar-refractivity contribution in [3.8, 4) is 11.1 Å². The van der Waals surface area contributed by atoms with Crippen molar-refractivity contribution >= 4 is 15.9 Å². The van der Waals surface area contributed by atoms with Crippen molar-refractivity contribution in [1.82, 2.24) is 14.5 Å². The Kier molecular flexibility index (Phi) is 6.93. The van der Waals surface area contributed by atoms with Crippen molar-refractivity contribution < 1.29 is 13.2 Å². The molecule has 1 N–H and O–H groups in total. The quantitative estimate of drug-likeness (QED) is 0.604. The van der Waals surface area contributed by atoms with Crippen LogP contribution in [0.3, 0.4) is 0 Å². The molecule has 0 radical (unpaired) electrons. The largest absolute Gasteiger partial charge is 0.346 e. The Bertz CT molecular complexity index is 1200. The van der Waals surface area contributed by atoms with Crippen LogP contribution in [0.5, 0.6) is 0 Å². The van der Waals surface area contributed by atoms with Crippen LogP contribution < -0.4 is 5.32 Å². The molecule has 3 aromatic carbocycles. The molecule has 7 heteroatoms. The van der Waals surface area contributed by atoms with E-state index in [9.17, 15) is 13.2 Å². The minimum atomic E-state index is -3.63. The lowest BCUT2D eigenvalue weighted by Crippen LogP contribution is -2.47. The Morgan fingerprint density at radius 2 is 1.48 bits per heavy atom. The lowest BCUT2D eigenvalue weighted by Gasteiger charge is -2.31. The first-order chi connectivity index (χ1) is 15.8. The lowest BCUT2D eigenvalue weighted by atomic mass is 10.0. The van der Waals surface area contributed by atoms with Gasteiger partial charge in [-0.15, -0.1) is 0 Å². The van der Waals surface area contributed by atoms with Crippen LogP contribution in [0, 0.1) is 0 Å². The van der Waals surface area contributed by atoms with E-state index in [-0.39, 0.29) is 16.8 Å². The normalized spacial score (nSPS) is 16.3. The fraction of sp³-hybridized carbons (Fsp3) is 0.269. The molecule has 0 unspecified atom stereocenters. The predicted octanol–water partition coefficient (Wildman–Crippen LogP) is 3.78. The standard InChI is InChI=1S/C26H29N3O3S/c1-20(21-11-13-23(14-12-21)22-7-4-3-5-8-22)27-26(30)24-9-6-10-25(19-24)33(31,32)29-17-15-28(2)16-18-29/h3-14,19-20H,15-18H2,1-2H3,(H,27,30)/t20-/m0/s1. The van der Waals surface area contributed by atoms with E-state index in [2.05, 4.69) is 22.3 Å². The second-order valence-corrected chi connectivity index (χ2v) is 10.4. The fourth-order valence-electron chi connectivity index (χ4n) is 3.93. The molecule has 0 aliphatic carbocycles. The van der Waals surface area contributed by atoms with Gasteiger partial charge in [-0.1, -0.05) is 60.7 Å². The number of sulfonamides is 1. The molecule has 1 aliphatic heterocycles. The van der Waals surface area contributed by atoms with Crippen LogP contribution in [0.2, 0.25) is 0 Å². The second kappa shape index (κ2) is 9.87. The van der Waals surface area contributed by atoms with Gasteiger partial charge in [-0.05, 0) is 48.9 Å². The zero-order chi connectivity index (χ0) is 23.4. The molecular formula is C26H29N3O3S. The van der Waals surface area contributed by atoms with E-state index in [0.717, 1.165) is 16.7 Å². The summed E-state index contributed by atoms with van der Waals surface area (Å²) in [5.74, 6) is -0.301. The maximum absolute atomic E-state index is 13.0. The van der Waals surface area contributed by atoms with Gasteiger partial charge in [0.15, 0.2) is 0 Å². The first-order valence-electron chi connectivity index (χ1n) is 11.1. The Morgan fingerprint density at radius 3 is 2.15 bits per heavy atom. The van der Waals surface area contributed by atoms with Crippen LogP contribution in [-0.4, -0.2) is 56.8 Å². The first-order valence-corrected chi connectivity index (χ1v) is 12.5. The van der Waals surface area contributed by atoms with Gasteiger partial charge in [-0.2, -0.15) is 4.31 Å². The van der Waals surface area contributed by atoms with Crippen molar-refractivity contribution in [2.24, 2.45) is 0 Å². The number of hydrogen-bond donors (Lipinski definition) is 1. The average Bonchev–Trinajstić information content (AvgIpc) is 2.85.